The largest absolute Gasteiger partial charge is 0.156 e. The lowest BCUT2D eigenvalue weighted by Crippen LogP contribution is -1.96. The van der Waals surface area contributed by atoms with Crippen LogP contribution in [0.25, 0.3) is 0 Å². The van der Waals surface area contributed by atoms with Crippen LogP contribution in [0.5, 0.6) is 0 Å². The summed E-state index contributed by atoms with van der Waals surface area (Å²) in [5.74, 6) is 0. The normalized spacial score (nSPS) is 7.86. The second-order valence-corrected chi connectivity index (χ2v) is 2.71. The molecule has 3 heteroatoms. The van der Waals surface area contributed by atoms with Gasteiger partial charge in [-0.05, 0) is 25.5 Å². The van der Waals surface area contributed by atoms with Crippen molar-refractivity contribution in [2.75, 3.05) is 0 Å². The maximum Gasteiger partial charge on any atom is 0.126 e. The Kier molecular flexibility index (Phi) is 12.3. The molecule has 0 saturated carbocycles. The number of hydrogen-bond acceptors (Lipinski definition) is 2. The summed E-state index contributed by atoms with van der Waals surface area (Å²) in [6, 6.07) is 2.06. The summed E-state index contributed by atoms with van der Waals surface area (Å²) in [6.07, 6.45) is 0. The van der Waals surface area contributed by atoms with Gasteiger partial charge in [0.2, 0.25) is 0 Å². The molecule has 2 radical (unpaired) electrons. The SMILES string of the molecule is CC.CC.Cc1cc([CH2][Al])c(C)nn1. The van der Waals surface area contributed by atoms with Crippen molar-refractivity contribution in [3.8, 4) is 0 Å². The van der Waals surface area contributed by atoms with Gasteiger partial charge in [-0.25, -0.2) is 0 Å². The van der Waals surface area contributed by atoms with Gasteiger partial charge in [0.1, 0.15) is 16.3 Å². The molecule has 0 unspecified atom stereocenters. The summed E-state index contributed by atoms with van der Waals surface area (Å²) in [5.41, 5.74) is 3.28. The third-order valence-electron chi connectivity index (χ3n) is 1.43. The van der Waals surface area contributed by atoms with E-state index in [9.17, 15) is 0 Å². The van der Waals surface area contributed by atoms with Gasteiger partial charge in [-0.1, -0.05) is 33.0 Å². The van der Waals surface area contributed by atoms with Gasteiger partial charge in [0.25, 0.3) is 0 Å². The van der Waals surface area contributed by atoms with Crippen molar-refractivity contribution in [2.45, 2.75) is 46.8 Å². The number of aromatic nitrogens is 2. The summed E-state index contributed by atoms with van der Waals surface area (Å²) in [7, 11) is 0. The molecule has 0 aromatic carbocycles. The Bertz CT molecular complexity index is 237. The zero-order valence-corrected chi connectivity index (χ0v) is 11.4. The Morgan fingerprint density at radius 2 is 1.57 bits per heavy atom. The molecule has 14 heavy (non-hydrogen) atoms. The first-order valence-corrected chi connectivity index (χ1v) is 6.05. The van der Waals surface area contributed by atoms with Gasteiger partial charge in [-0.15, -0.1) is 0 Å². The highest BCUT2D eigenvalue weighted by atomic mass is 27.0. The number of rotatable bonds is 1. The van der Waals surface area contributed by atoms with E-state index in [1.807, 2.05) is 41.5 Å². The van der Waals surface area contributed by atoms with E-state index < -0.39 is 0 Å². The van der Waals surface area contributed by atoms with Crippen molar-refractivity contribution in [2.24, 2.45) is 0 Å². The van der Waals surface area contributed by atoms with E-state index in [0.717, 1.165) is 16.7 Å². The van der Waals surface area contributed by atoms with E-state index in [-0.39, 0.29) is 0 Å². The maximum atomic E-state index is 3.99. The van der Waals surface area contributed by atoms with Gasteiger partial charge in [0.15, 0.2) is 0 Å². The fraction of sp³-hybridized carbons (Fsp3) is 0.636. The van der Waals surface area contributed by atoms with Gasteiger partial charge < -0.3 is 0 Å². The molecule has 0 aliphatic heterocycles. The van der Waals surface area contributed by atoms with Crippen molar-refractivity contribution in [1.29, 1.82) is 0 Å². The predicted molar refractivity (Wildman–Crippen MR) is 63.7 cm³/mol. The minimum atomic E-state index is 0.961. The third kappa shape index (κ3) is 6.13. The van der Waals surface area contributed by atoms with Crippen LogP contribution in [0.4, 0.5) is 0 Å². The van der Waals surface area contributed by atoms with E-state index in [0.29, 0.717) is 0 Å². The molecule has 1 aromatic heterocycles. The monoisotopic (exact) mass is 208 g/mol. The molecule has 0 spiro atoms. The highest BCUT2D eigenvalue weighted by molar-refractivity contribution is 6.08. The van der Waals surface area contributed by atoms with Crippen molar-refractivity contribution < 1.29 is 0 Å². The van der Waals surface area contributed by atoms with Crippen LogP contribution < -0.4 is 0 Å². The van der Waals surface area contributed by atoms with Crippen molar-refractivity contribution in [1.82, 2.24) is 10.2 Å². The van der Waals surface area contributed by atoms with Crippen LogP contribution in [0.3, 0.4) is 0 Å². The predicted octanol–water partition coefficient (Wildman–Crippen LogP) is 2.81. The van der Waals surface area contributed by atoms with E-state index in [1.54, 1.807) is 0 Å². The van der Waals surface area contributed by atoms with Gasteiger partial charge in [-0.2, -0.15) is 10.2 Å². The first-order chi connectivity index (χ1) is 6.74. The van der Waals surface area contributed by atoms with Crippen LogP contribution in [0.1, 0.15) is 44.6 Å². The molecule has 1 heterocycles. The molecule has 0 saturated heterocycles. The minimum absolute atomic E-state index is 0.961. The Morgan fingerprint density at radius 1 is 1.07 bits per heavy atom. The van der Waals surface area contributed by atoms with Crippen LogP contribution >= 0.6 is 0 Å². The fourth-order valence-electron chi connectivity index (χ4n) is 0.810. The van der Waals surface area contributed by atoms with Crippen LogP contribution in [-0.2, 0) is 5.28 Å². The van der Waals surface area contributed by atoms with E-state index in [4.69, 9.17) is 0 Å². The highest BCUT2D eigenvalue weighted by Crippen LogP contribution is 2.03. The lowest BCUT2D eigenvalue weighted by Gasteiger charge is -2.00. The average Bonchev–Trinajstić information content (AvgIpc) is 2.27. The van der Waals surface area contributed by atoms with Crippen molar-refractivity contribution in [3.63, 3.8) is 0 Å². The molecule has 0 bridgehead atoms. The van der Waals surface area contributed by atoms with Gasteiger partial charge >= 0.3 is 0 Å². The minimum Gasteiger partial charge on any atom is -0.156 e. The molecule has 78 valence electrons. The van der Waals surface area contributed by atoms with Crippen LogP contribution in [0, 0.1) is 13.8 Å². The molecular formula is C11H21AlN2. The van der Waals surface area contributed by atoms with Crippen molar-refractivity contribution in [3.05, 3.63) is 23.0 Å². The van der Waals surface area contributed by atoms with Crippen molar-refractivity contribution >= 4 is 16.3 Å². The lowest BCUT2D eigenvalue weighted by atomic mass is 10.2. The summed E-state index contributed by atoms with van der Waals surface area (Å²) in [5, 5.41) is 8.87. The number of nitrogens with zero attached hydrogens (tertiary/aromatic N) is 2. The quantitative estimate of drug-likeness (QED) is 0.663. The Morgan fingerprint density at radius 3 is 1.93 bits per heavy atom. The zero-order chi connectivity index (χ0) is 11.6. The average molecular weight is 208 g/mol. The van der Waals surface area contributed by atoms with Gasteiger partial charge in [-0.3, -0.25) is 0 Å². The first-order valence-electron chi connectivity index (χ1n) is 5.24. The molecule has 1 rings (SSSR count). The molecule has 0 atom stereocenters. The Hall–Kier alpha value is -0.388. The lowest BCUT2D eigenvalue weighted by molar-refractivity contribution is 0.920. The third-order valence-corrected chi connectivity index (χ3v) is 1.87. The molecule has 2 nitrogen and oxygen atoms in total. The summed E-state index contributed by atoms with van der Waals surface area (Å²) < 4.78 is 0. The summed E-state index contributed by atoms with van der Waals surface area (Å²) in [6.45, 7) is 11.9. The van der Waals surface area contributed by atoms with Crippen LogP contribution in [0.15, 0.2) is 6.07 Å². The zero-order valence-electron chi connectivity index (χ0n) is 10.3. The highest BCUT2D eigenvalue weighted by Gasteiger charge is 1.95. The molecule has 1 aromatic rings. The number of aryl methyl sites for hydroxylation is 2. The van der Waals surface area contributed by atoms with E-state index in [1.165, 1.54) is 5.56 Å². The van der Waals surface area contributed by atoms with E-state index >= 15 is 0 Å². The summed E-state index contributed by atoms with van der Waals surface area (Å²) >= 11 is 2.68. The summed E-state index contributed by atoms with van der Waals surface area (Å²) in [4.78, 5) is 0. The second-order valence-electron chi connectivity index (χ2n) is 2.30. The smallest absolute Gasteiger partial charge is 0.126 e. The molecule has 0 amide bonds. The Labute approximate surface area is 96.6 Å². The molecular weight excluding hydrogens is 187 g/mol. The fourth-order valence-corrected chi connectivity index (χ4v) is 1.22. The van der Waals surface area contributed by atoms with Gasteiger partial charge in [0.05, 0.1) is 11.4 Å². The molecule has 0 fully saturated rings. The standard InChI is InChI=1S/C7H9N2.2C2H6.Al/c1-5-4-6(2)8-9-7(5)3;2*1-2;/h4H,1H2,2-3H3;2*1-2H3;. The van der Waals surface area contributed by atoms with E-state index in [2.05, 4.69) is 32.6 Å². The topological polar surface area (TPSA) is 25.8 Å². The van der Waals surface area contributed by atoms with Crippen LogP contribution in [0.2, 0.25) is 0 Å². The second kappa shape index (κ2) is 10.7. The Balaban J connectivity index is 0. The van der Waals surface area contributed by atoms with Gasteiger partial charge in [0, 0.05) is 0 Å². The molecule has 0 aliphatic rings. The molecule has 0 aliphatic carbocycles. The maximum absolute atomic E-state index is 3.99. The number of hydrogen-bond donors (Lipinski definition) is 0. The van der Waals surface area contributed by atoms with Crippen LogP contribution in [-0.4, -0.2) is 26.5 Å². The molecule has 0 N–H and O–H groups in total. The first kappa shape index (κ1) is 16.1.